The number of hydrogen-bond donors (Lipinski definition) is 2. The van der Waals surface area contributed by atoms with Gasteiger partial charge in [0.25, 0.3) is 5.91 Å². The molecule has 5 fully saturated rings. The maximum atomic E-state index is 13.4. The van der Waals surface area contributed by atoms with Crippen molar-refractivity contribution in [2.24, 2.45) is 36.0 Å². The van der Waals surface area contributed by atoms with E-state index in [0.717, 1.165) is 77.2 Å². The number of nitrogens with one attached hydrogen (secondary N) is 1. The molecular weight excluding hydrogens is 468 g/mol. The molecule has 2 unspecified atom stereocenters. The van der Waals surface area contributed by atoms with Gasteiger partial charge in [-0.2, -0.15) is 5.10 Å². The van der Waals surface area contributed by atoms with Crippen LogP contribution in [0.1, 0.15) is 48.2 Å². The third-order valence-corrected chi connectivity index (χ3v) is 9.80. The topological polar surface area (TPSA) is 106 Å². The lowest BCUT2D eigenvalue weighted by atomic mass is 9.47. The van der Waals surface area contributed by atoms with E-state index in [1.54, 1.807) is 0 Å². The summed E-state index contributed by atoms with van der Waals surface area (Å²) in [5.41, 5.74) is 9.67. The summed E-state index contributed by atoms with van der Waals surface area (Å²) in [7, 11) is 1.91. The predicted molar refractivity (Wildman–Crippen MR) is 140 cm³/mol. The lowest BCUT2D eigenvalue weighted by molar-refractivity contribution is -0.145. The number of aryl methyl sites for hydroxylation is 1. The first-order valence-corrected chi connectivity index (χ1v) is 13.8. The molecule has 9 heteroatoms. The summed E-state index contributed by atoms with van der Waals surface area (Å²) in [5.74, 6) is 1.89. The minimum atomic E-state index is -0.348. The molecule has 2 aromatic rings. The van der Waals surface area contributed by atoms with Crippen LogP contribution in [0.2, 0.25) is 0 Å². The van der Waals surface area contributed by atoms with Gasteiger partial charge in [0, 0.05) is 55.6 Å². The van der Waals surface area contributed by atoms with E-state index in [0.29, 0.717) is 23.4 Å². The number of aromatic nitrogens is 2. The van der Waals surface area contributed by atoms with Crippen molar-refractivity contribution in [3.8, 4) is 0 Å². The van der Waals surface area contributed by atoms with E-state index >= 15 is 0 Å². The Morgan fingerprint density at radius 1 is 1.08 bits per heavy atom. The van der Waals surface area contributed by atoms with Crippen molar-refractivity contribution in [2.45, 2.75) is 44.6 Å². The number of fused-ring (bicyclic) bond motifs is 1. The molecule has 9 nitrogen and oxygen atoms in total. The zero-order valence-corrected chi connectivity index (χ0v) is 21.5. The number of benzene rings is 1. The fourth-order valence-corrected chi connectivity index (χ4v) is 8.23. The minimum absolute atomic E-state index is 0.102. The number of amides is 2. The van der Waals surface area contributed by atoms with Crippen LogP contribution in [0.15, 0.2) is 24.3 Å². The maximum Gasteiger partial charge on any atom is 0.272 e. The van der Waals surface area contributed by atoms with Crippen molar-refractivity contribution in [3.05, 3.63) is 35.5 Å². The molecule has 196 valence electrons. The number of rotatable bonds is 5. The van der Waals surface area contributed by atoms with Crippen molar-refractivity contribution >= 4 is 29.0 Å². The number of nitrogens with zero attached hydrogens (tertiary/aromatic N) is 4. The smallest absolute Gasteiger partial charge is 0.272 e. The van der Waals surface area contributed by atoms with Crippen LogP contribution >= 0.6 is 0 Å². The van der Waals surface area contributed by atoms with E-state index in [1.807, 2.05) is 17.8 Å². The Morgan fingerprint density at radius 2 is 1.84 bits per heavy atom. The highest BCUT2D eigenvalue weighted by Gasteiger charge is 2.58. The van der Waals surface area contributed by atoms with Gasteiger partial charge in [-0.3, -0.25) is 14.3 Å². The number of primary amides is 1. The second kappa shape index (κ2) is 8.48. The second-order valence-corrected chi connectivity index (χ2v) is 11.9. The van der Waals surface area contributed by atoms with Gasteiger partial charge in [0.15, 0.2) is 5.69 Å². The molecule has 8 rings (SSSR count). The highest BCUT2D eigenvalue weighted by molar-refractivity contribution is 5.94. The van der Waals surface area contributed by atoms with Crippen LogP contribution in [0.25, 0.3) is 0 Å². The molecule has 1 saturated heterocycles. The average molecular weight is 505 g/mol. The molecule has 0 spiro atoms. The van der Waals surface area contributed by atoms with Crippen molar-refractivity contribution < 1.29 is 14.3 Å². The SMILES string of the molecule is Cn1nc(C(=O)NC2C3CC4CC2CC(C(N)=O)(C4)C3)cc1N1CCc2ccc(N3CCOCC3)cc21. The Balaban J connectivity index is 1.10. The number of ether oxygens (including phenoxy) is 1. The average Bonchev–Trinajstić information content (AvgIpc) is 3.49. The van der Waals surface area contributed by atoms with Crippen LogP contribution < -0.4 is 20.9 Å². The lowest BCUT2D eigenvalue weighted by Crippen LogP contribution is -2.62. The summed E-state index contributed by atoms with van der Waals surface area (Å²) >= 11 is 0. The van der Waals surface area contributed by atoms with E-state index in [2.05, 4.69) is 38.4 Å². The molecule has 2 atom stereocenters. The Morgan fingerprint density at radius 3 is 2.57 bits per heavy atom. The standard InChI is InChI=1S/C28H36N6O3/c1-32-24(34-5-4-18-2-3-21(12-23(18)34)33-6-8-37-9-7-33)13-22(31-32)26(35)30-25-19-10-17-11-20(25)16-28(14-17,15-19)27(29)36/h2-3,12-13,17,19-20,25H,4-11,14-16H2,1H3,(H2,29,36)(H,30,35). The maximum absolute atomic E-state index is 13.4. The first-order chi connectivity index (χ1) is 17.9. The highest BCUT2D eigenvalue weighted by Crippen LogP contribution is 2.60. The van der Waals surface area contributed by atoms with Gasteiger partial charge in [0.1, 0.15) is 5.82 Å². The monoisotopic (exact) mass is 504 g/mol. The molecule has 6 aliphatic rings. The molecule has 2 amide bonds. The first kappa shape index (κ1) is 23.1. The zero-order valence-electron chi connectivity index (χ0n) is 21.5. The lowest BCUT2D eigenvalue weighted by Gasteiger charge is -2.58. The molecule has 4 saturated carbocycles. The summed E-state index contributed by atoms with van der Waals surface area (Å²) in [6, 6.07) is 8.74. The van der Waals surface area contributed by atoms with Gasteiger partial charge < -0.3 is 25.6 Å². The first-order valence-electron chi connectivity index (χ1n) is 13.8. The van der Waals surface area contributed by atoms with E-state index in [-0.39, 0.29) is 23.3 Å². The summed E-state index contributed by atoms with van der Waals surface area (Å²) in [5, 5.41) is 7.96. The minimum Gasteiger partial charge on any atom is -0.378 e. The molecule has 4 aliphatic carbocycles. The Hall–Kier alpha value is -3.07. The van der Waals surface area contributed by atoms with Gasteiger partial charge in [-0.15, -0.1) is 0 Å². The molecule has 1 aromatic heterocycles. The third-order valence-electron chi connectivity index (χ3n) is 9.80. The summed E-state index contributed by atoms with van der Waals surface area (Å²) in [6.07, 6.45) is 5.69. The van der Waals surface area contributed by atoms with Crippen molar-refractivity contribution in [1.29, 1.82) is 0 Å². The number of morpholine rings is 1. The molecule has 3 N–H and O–H groups in total. The number of nitrogens with two attached hydrogens (primary N) is 1. The van der Waals surface area contributed by atoms with E-state index in [4.69, 9.17) is 10.5 Å². The van der Waals surface area contributed by atoms with Crippen LogP contribution in [-0.2, 0) is 23.0 Å². The van der Waals surface area contributed by atoms with E-state index < -0.39 is 0 Å². The Bertz CT molecular complexity index is 1230. The molecule has 37 heavy (non-hydrogen) atoms. The molecule has 1 aromatic carbocycles. The van der Waals surface area contributed by atoms with Gasteiger partial charge in [-0.25, -0.2) is 0 Å². The van der Waals surface area contributed by atoms with Gasteiger partial charge in [0.05, 0.1) is 13.2 Å². The van der Waals surface area contributed by atoms with Gasteiger partial charge >= 0.3 is 0 Å². The number of carbonyl (C=O) groups is 2. The zero-order chi connectivity index (χ0) is 25.3. The van der Waals surface area contributed by atoms with Crippen molar-refractivity contribution in [1.82, 2.24) is 15.1 Å². The number of hydrogen-bond acceptors (Lipinski definition) is 6. The molecule has 4 bridgehead atoms. The van der Waals surface area contributed by atoms with Crippen LogP contribution in [0.5, 0.6) is 0 Å². The molecule has 3 heterocycles. The Kier molecular flexibility index (Phi) is 5.29. The van der Waals surface area contributed by atoms with Crippen LogP contribution in [-0.4, -0.2) is 60.5 Å². The molecule has 0 radical (unpaired) electrons. The third kappa shape index (κ3) is 3.73. The van der Waals surface area contributed by atoms with E-state index in [1.165, 1.54) is 16.9 Å². The van der Waals surface area contributed by atoms with Crippen LogP contribution in [0.3, 0.4) is 0 Å². The van der Waals surface area contributed by atoms with Crippen molar-refractivity contribution in [2.75, 3.05) is 42.6 Å². The summed E-state index contributed by atoms with van der Waals surface area (Å²) in [6.45, 7) is 4.19. The fraction of sp³-hybridized carbons (Fsp3) is 0.607. The normalized spacial score (nSPS) is 32.0. The van der Waals surface area contributed by atoms with Crippen molar-refractivity contribution in [3.63, 3.8) is 0 Å². The fourth-order valence-electron chi connectivity index (χ4n) is 8.23. The summed E-state index contributed by atoms with van der Waals surface area (Å²) in [4.78, 5) is 30.3. The second-order valence-electron chi connectivity index (χ2n) is 11.9. The summed E-state index contributed by atoms with van der Waals surface area (Å²) < 4.78 is 7.35. The molecule has 2 aliphatic heterocycles. The predicted octanol–water partition coefficient (Wildman–Crippen LogP) is 2.36. The van der Waals surface area contributed by atoms with Crippen LogP contribution in [0, 0.1) is 23.2 Å². The van der Waals surface area contributed by atoms with Gasteiger partial charge in [-0.05, 0) is 74.0 Å². The quantitative estimate of drug-likeness (QED) is 0.648. The van der Waals surface area contributed by atoms with Gasteiger partial charge in [0.2, 0.25) is 5.91 Å². The van der Waals surface area contributed by atoms with E-state index in [9.17, 15) is 9.59 Å². The van der Waals surface area contributed by atoms with Crippen LogP contribution in [0.4, 0.5) is 17.2 Å². The highest BCUT2D eigenvalue weighted by atomic mass is 16.5. The number of anilines is 3. The number of carbonyl (C=O) groups excluding carboxylic acids is 2. The van der Waals surface area contributed by atoms with Gasteiger partial charge in [-0.1, -0.05) is 6.07 Å². The Labute approximate surface area is 217 Å². The molecular formula is C28H36N6O3. The largest absolute Gasteiger partial charge is 0.378 e.